The number of pyridine rings is 1. The van der Waals surface area contributed by atoms with Crippen molar-refractivity contribution in [3.8, 4) is 50.9 Å². The highest BCUT2D eigenvalue weighted by atomic mass is 16.5. The van der Waals surface area contributed by atoms with Gasteiger partial charge in [-0.25, -0.2) is 15.0 Å². The van der Waals surface area contributed by atoms with Crippen LogP contribution in [0.25, 0.3) is 90.3 Å². The van der Waals surface area contributed by atoms with E-state index in [1.807, 2.05) is 24.3 Å². The van der Waals surface area contributed by atoms with Gasteiger partial charge in [0.05, 0.1) is 28.5 Å². The normalized spacial score (nSPS) is 16.0. The van der Waals surface area contributed by atoms with Gasteiger partial charge in [0.1, 0.15) is 22.9 Å². The van der Waals surface area contributed by atoms with E-state index >= 15 is 0 Å². The molecule has 0 bridgehead atoms. The summed E-state index contributed by atoms with van der Waals surface area (Å²) in [5.41, 5.74) is 15.6. The Kier molecular flexibility index (Phi) is 8.41. The minimum absolute atomic E-state index is 0.0566. The first kappa shape index (κ1) is 36.5. The molecule has 5 nitrogen and oxygen atoms in total. The van der Waals surface area contributed by atoms with Crippen LogP contribution < -0.4 is 25.8 Å². The van der Waals surface area contributed by atoms with Crippen molar-refractivity contribution >= 4 is 45.2 Å². The molecule has 64 heavy (non-hydrogen) atoms. The Morgan fingerprint density at radius 3 is 2.02 bits per heavy atom. The lowest BCUT2D eigenvalue weighted by Gasteiger charge is -2.26. The zero-order valence-corrected chi connectivity index (χ0v) is 34.8. The van der Waals surface area contributed by atoms with Crippen LogP contribution in [0.3, 0.4) is 0 Å². The number of benzene rings is 7. The minimum Gasteiger partial charge on any atom is -0.485 e. The van der Waals surface area contributed by atoms with Crippen molar-refractivity contribution in [3.05, 3.63) is 226 Å². The molecule has 0 radical (unpaired) electrons. The molecule has 0 spiro atoms. The number of hydrogen-bond acceptors (Lipinski definition) is 5. The molecule has 10 aromatic rings. The number of aromatic nitrogens is 3. The quantitative estimate of drug-likeness (QED) is 0.167. The SMILES string of the molecule is C1=c2c(-c3ccc(-c4cc(-c5cccc(C6=c7oc8ccccc8c7=CCC6)c5)nc(-c5ccccc5)n4)cc3)nc3ccccc3c2=C(c2ccccc2)C2c3ccccc3OC12. The largest absolute Gasteiger partial charge is 0.485 e. The lowest BCUT2D eigenvalue weighted by atomic mass is 9.78. The van der Waals surface area contributed by atoms with Crippen LogP contribution in [0, 0.1) is 0 Å². The fourth-order valence-electron chi connectivity index (χ4n) is 10.2. The van der Waals surface area contributed by atoms with E-state index in [9.17, 15) is 0 Å². The third-order valence-electron chi connectivity index (χ3n) is 13.1. The molecule has 0 N–H and O–H groups in total. The summed E-state index contributed by atoms with van der Waals surface area (Å²) in [6.07, 6.45) is 6.33. The molecule has 0 fully saturated rings. The van der Waals surface area contributed by atoms with Crippen LogP contribution in [0.15, 0.2) is 192 Å². The molecule has 302 valence electrons. The second-order valence-corrected chi connectivity index (χ2v) is 16.9. The van der Waals surface area contributed by atoms with Crippen LogP contribution in [0.2, 0.25) is 0 Å². The number of nitrogens with zero attached hydrogens (tertiary/aromatic N) is 3. The maximum Gasteiger partial charge on any atom is 0.160 e. The Morgan fingerprint density at radius 2 is 1.17 bits per heavy atom. The Morgan fingerprint density at radius 1 is 0.500 bits per heavy atom. The first-order chi connectivity index (χ1) is 31.7. The van der Waals surface area contributed by atoms with Gasteiger partial charge in [0, 0.05) is 54.6 Å². The van der Waals surface area contributed by atoms with Gasteiger partial charge in [-0.2, -0.15) is 0 Å². The first-order valence-electron chi connectivity index (χ1n) is 22.0. The lowest BCUT2D eigenvalue weighted by Crippen LogP contribution is -2.40. The van der Waals surface area contributed by atoms with Gasteiger partial charge in [-0.3, -0.25) is 0 Å². The van der Waals surface area contributed by atoms with Crippen molar-refractivity contribution in [2.24, 2.45) is 0 Å². The Balaban J connectivity index is 0.957. The third kappa shape index (κ3) is 5.96. The molecular formula is C59H39N3O2. The summed E-state index contributed by atoms with van der Waals surface area (Å²) in [4.78, 5) is 15.8. The van der Waals surface area contributed by atoms with Crippen LogP contribution in [0.5, 0.6) is 5.75 Å². The maximum absolute atomic E-state index is 6.74. The van der Waals surface area contributed by atoms with E-state index in [4.69, 9.17) is 24.1 Å². The average Bonchev–Trinajstić information content (AvgIpc) is 3.94. The highest BCUT2D eigenvalue weighted by molar-refractivity contribution is 5.91. The molecule has 4 heterocycles. The Hall–Kier alpha value is -8.15. The summed E-state index contributed by atoms with van der Waals surface area (Å²) in [5.74, 6) is 1.68. The maximum atomic E-state index is 6.74. The highest BCUT2D eigenvalue weighted by Gasteiger charge is 2.39. The lowest BCUT2D eigenvalue weighted by molar-refractivity contribution is 0.286. The molecule has 3 aromatic heterocycles. The molecule has 5 heteroatoms. The van der Waals surface area contributed by atoms with Gasteiger partial charge in [-0.05, 0) is 71.2 Å². The Bertz CT molecular complexity index is 3760. The minimum atomic E-state index is -0.161. The van der Waals surface area contributed by atoms with E-state index in [0.29, 0.717) is 5.82 Å². The molecule has 7 aromatic carbocycles. The molecule has 2 atom stereocenters. The third-order valence-corrected chi connectivity index (χ3v) is 13.1. The molecule has 13 rings (SSSR count). The molecule has 2 unspecified atom stereocenters. The van der Waals surface area contributed by atoms with Crippen LogP contribution in [-0.2, 0) is 0 Å². The van der Waals surface area contributed by atoms with Gasteiger partial charge in [-0.15, -0.1) is 0 Å². The van der Waals surface area contributed by atoms with E-state index < -0.39 is 0 Å². The van der Waals surface area contributed by atoms with Crippen LogP contribution in [0.1, 0.15) is 35.4 Å². The van der Waals surface area contributed by atoms with Crippen molar-refractivity contribution in [2.75, 3.05) is 0 Å². The standard InChI is InChI=1S/C59H39N3O2/c1-3-15-37(16-4-1)54-55-45-22-7-10-26-48(45)60-57(47(55)34-53-56(54)46-23-9-12-28-52(46)63-53)38-31-29-36(30-32-38)49-35-50(62-59(61-49)39-17-5-2-6-18-39)41-20-13-19-40(33-41)42-24-14-25-44-43-21-8-11-27-51(43)64-58(42)44/h1-13,15-23,25-35,53,56H,14,24H2. The number of para-hydroxylation sites is 3. The van der Waals surface area contributed by atoms with Crippen LogP contribution >= 0.6 is 0 Å². The van der Waals surface area contributed by atoms with E-state index in [1.165, 1.54) is 32.7 Å². The number of rotatable bonds is 6. The van der Waals surface area contributed by atoms with Gasteiger partial charge in [0.2, 0.25) is 0 Å². The van der Waals surface area contributed by atoms with Gasteiger partial charge >= 0.3 is 0 Å². The fraction of sp³-hybridized carbons (Fsp3) is 0.0678. The summed E-state index contributed by atoms with van der Waals surface area (Å²) in [7, 11) is 0. The van der Waals surface area contributed by atoms with E-state index in [-0.39, 0.29) is 12.0 Å². The predicted molar refractivity (Wildman–Crippen MR) is 257 cm³/mol. The van der Waals surface area contributed by atoms with Crippen molar-refractivity contribution in [1.82, 2.24) is 15.0 Å². The summed E-state index contributed by atoms with van der Waals surface area (Å²) in [6.45, 7) is 0. The summed E-state index contributed by atoms with van der Waals surface area (Å²) in [5, 5.41) is 5.80. The number of fused-ring (bicyclic) bond motifs is 9. The highest BCUT2D eigenvalue weighted by Crippen LogP contribution is 2.46. The summed E-state index contributed by atoms with van der Waals surface area (Å²) >= 11 is 0. The monoisotopic (exact) mass is 821 g/mol. The van der Waals surface area contributed by atoms with Crippen LogP contribution in [-0.4, -0.2) is 21.1 Å². The smallest absolute Gasteiger partial charge is 0.160 e. The predicted octanol–water partition coefficient (Wildman–Crippen LogP) is 10.8. The zero-order chi connectivity index (χ0) is 42.1. The molecule has 3 aliphatic rings. The number of hydrogen-bond donors (Lipinski definition) is 0. The second-order valence-electron chi connectivity index (χ2n) is 16.9. The molecule has 1 aliphatic heterocycles. The van der Waals surface area contributed by atoms with Crippen molar-refractivity contribution in [2.45, 2.75) is 24.9 Å². The van der Waals surface area contributed by atoms with Crippen molar-refractivity contribution < 1.29 is 9.15 Å². The van der Waals surface area contributed by atoms with Crippen molar-refractivity contribution in [3.63, 3.8) is 0 Å². The topological polar surface area (TPSA) is 61.0 Å². The molecular weight excluding hydrogens is 783 g/mol. The number of furan rings is 1. The molecule has 0 amide bonds. The van der Waals surface area contributed by atoms with E-state index in [2.05, 4.69) is 176 Å². The van der Waals surface area contributed by atoms with Crippen molar-refractivity contribution in [1.29, 1.82) is 0 Å². The first-order valence-corrected chi connectivity index (χ1v) is 22.0. The van der Waals surface area contributed by atoms with Gasteiger partial charge in [0.25, 0.3) is 0 Å². The van der Waals surface area contributed by atoms with Gasteiger partial charge < -0.3 is 9.15 Å². The van der Waals surface area contributed by atoms with E-state index in [1.54, 1.807) is 0 Å². The average molecular weight is 822 g/mol. The van der Waals surface area contributed by atoms with Crippen LogP contribution in [0.4, 0.5) is 0 Å². The molecule has 2 aliphatic carbocycles. The second kappa shape index (κ2) is 14.7. The Labute approximate surface area is 369 Å². The summed E-state index contributed by atoms with van der Waals surface area (Å²) < 4.78 is 13.2. The van der Waals surface area contributed by atoms with Gasteiger partial charge in [-0.1, -0.05) is 164 Å². The molecule has 0 saturated heterocycles. The van der Waals surface area contributed by atoms with E-state index in [0.717, 1.165) is 96.0 Å². The fourth-order valence-corrected chi connectivity index (χ4v) is 10.2. The number of ether oxygens (including phenoxy) is 1. The summed E-state index contributed by atoms with van der Waals surface area (Å²) in [6, 6.07) is 65.9. The van der Waals surface area contributed by atoms with Gasteiger partial charge in [0.15, 0.2) is 5.82 Å². The molecule has 0 saturated carbocycles. The zero-order valence-electron chi connectivity index (χ0n) is 34.8.